The molecule has 3 N–H and O–H groups in total. The van der Waals surface area contributed by atoms with Crippen LogP contribution >= 0.6 is 0 Å². The molecule has 1 aliphatic rings. The van der Waals surface area contributed by atoms with Crippen molar-refractivity contribution >= 4 is 12.0 Å². The van der Waals surface area contributed by atoms with Gasteiger partial charge in [0, 0.05) is 19.5 Å². The Labute approximate surface area is 120 Å². The van der Waals surface area contributed by atoms with Gasteiger partial charge < -0.3 is 20.6 Å². The number of carbonyl (C=O) groups is 2. The number of piperidine rings is 1. The quantitative estimate of drug-likeness (QED) is 0.587. The summed E-state index contributed by atoms with van der Waals surface area (Å²) >= 11 is 0. The van der Waals surface area contributed by atoms with Crippen LogP contribution in [0.1, 0.15) is 38.5 Å². The lowest BCUT2D eigenvalue weighted by Crippen LogP contribution is -2.41. The van der Waals surface area contributed by atoms with Gasteiger partial charge in [0.05, 0.1) is 0 Å². The van der Waals surface area contributed by atoms with Crippen LogP contribution in [0.25, 0.3) is 0 Å². The summed E-state index contributed by atoms with van der Waals surface area (Å²) in [6, 6.07) is -0.109. The highest BCUT2D eigenvalue weighted by Gasteiger charge is 2.16. The summed E-state index contributed by atoms with van der Waals surface area (Å²) in [5, 5.41) is 14.2. The summed E-state index contributed by atoms with van der Waals surface area (Å²) in [6.45, 7) is 3.58. The summed E-state index contributed by atoms with van der Waals surface area (Å²) in [5.41, 5.74) is 0. The van der Waals surface area contributed by atoms with Crippen LogP contribution in [-0.2, 0) is 4.79 Å². The van der Waals surface area contributed by atoms with Crippen molar-refractivity contribution in [3.63, 3.8) is 0 Å². The lowest BCUT2D eigenvalue weighted by Gasteiger charge is -2.28. The zero-order valence-electron chi connectivity index (χ0n) is 12.4. The first kappa shape index (κ1) is 16.8. The number of amides is 2. The fraction of sp³-hybridized carbons (Fsp3) is 0.857. The second kappa shape index (κ2) is 9.58. The van der Waals surface area contributed by atoms with E-state index in [1.165, 1.54) is 0 Å². The van der Waals surface area contributed by atoms with E-state index in [1.54, 1.807) is 0 Å². The number of hydrogen-bond acceptors (Lipinski definition) is 3. The molecule has 20 heavy (non-hydrogen) atoms. The van der Waals surface area contributed by atoms with Gasteiger partial charge >= 0.3 is 12.0 Å². The Morgan fingerprint density at radius 1 is 1.15 bits per heavy atom. The van der Waals surface area contributed by atoms with Crippen LogP contribution in [0.3, 0.4) is 0 Å². The average Bonchev–Trinajstić information content (AvgIpc) is 2.41. The molecule has 0 aromatic rings. The van der Waals surface area contributed by atoms with Crippen LogP contribution in [0.2, 0.25) is 0 Å². The van der Waals surface area contributed by atoms with Gasteiger partial charge in [0.2, 0.25) is 0 Å². The molecule has 0 saturated carbocycles. The van der Waals surface area contributed by atoms with Crippen molar-refractivity contribution in [1.29, 1.82) is 0 Å². The molecule has 0 spiro atoms. The number of carbonyl (C=O) groups excluding carboxylic acids is 1. The summed E-state index contributed by atoms with van der Waals surface area (Å²) < 4.78 is 0. The molecule has 0 aromatic carbocycles. The van der Waals surface area contributed by atoms with Crippen molar-refractivity contribution < 1.29 is 14.7 Å². The van der Waals surface area contributed by atoms with Gasteiger partial charge in [-0.1, -0.05) is 6.42 Å². The fourth-order valence-electron chi connectivity index (χ4n) is 2.35. The van der Waals surface area contributed by atoms with Crippen LogP contribution in [0.5, 0.6) is 0 Å². The molecule has 0 atom stereocenters. The van der Waals surface area contributed by atoms with E-state index in [4.69, 9.17) is 5.11 Å². The first-order valence-electron chi connectivity index (χ1n) is 7.50. The highest BCUT2D eigenvalue weighted by atomic mass is 16.4. The van der Waals surface area contributed by atoms with Crippen molar-refractivity contribution in [2.24, 2.45) is 5.92 Å². The van der Waals surface area contributed by atoms with Crippen molar-refractivity contribution in [1.82, 2.24) is 15.5 Å². The van der Waals surface area contributed by atoms with Gasteiger partial charge in [0.25, 0.3) is 0 Å². The maximum absolute atomic E-state index is 11.6. The molecule has 1 heterocycles. The fourth-order valence-corrected chi connectivity index (χ4v) is 2.35. The predicted octanol–water partition coefficient (Wildman–Crippen LogP) is 1.27. The first-order valence-corrected chi connectivity index (χ1v) is 7.50. The summed E-state index contributed by atoms with van der Waals surface area (Å²) in [7, 11) is 2.13. The lowest BCUT2D eigenvalue weighted by atomic mass is 9.97. The van der Waals surface area contributed by atoms with Crippen molar-refractivity contribution in [3.8, 4) is 0 Å². The number of aliphatic carboxylic acids is 1. The number of likely N-dealkylation sites (tertiary alicyclic amines) is 1. The van der Waals surface area contributed by atoms with E-state index < -0.39 is 5.97 Å². The summed E-state index contributed by atoms with van der Waals surface area (Å²) in [5.74, 6) is -0.165. The maximum atomic E-state index is 11.6. The molecule has 0 aromatic heterocycles. The molecule has 2 amide bonds. The number of hydrogen-bond donors (Lipinski definition) is 3. The number of carboxylic acids is 1. The van der Waals surface area contributed by atoms with E-state index in [1.807, 2.05) is 0 Å². The minimum atomic E-state index is -0.756. The van der Waals surface area contributed by atoms with Crippen molar-refractivity contribution in [2.75, 3.05) is 33.2 Å². The Bertz CT molecular complexity index is 302. The number of unbranched alkanes of at least 4 members (excludes halogenated alkanes) is 2. The second-order valence-corrected chi connectivity index (χ2v) is 5.59. The molecule has 116 valence electrons. The number of nitrogens with one attached hydrogen (secondary N) is 2. The monoisotopic (exact) mass is 285 g/mol. The molecule has 1 saturated heterocycles. The van der Waals surface area contributed by atoms with Gasteiger partial charge in [-0.05, 0) is 51.7 Å². The van der Waals surface area contributed by atoms with E-state index in [0.29, 0.717) is 18.9 Å². The van der Waals surface area contributed by atoms with E-state index >= 15 is 0 Å². The molecule has 1 rings (SSSR count). The zero-order chi connectivity index (χ0) is 14.8. The zero-order valence-corrected chi connectivity index (χ0v) is 12.4. The third-order valence-electron chi connectivity index (χ3n) is 3.74. The van der Waals surface area contributed by atoms with Gasteiger partial charge in [-0.25, -0.2) is 4.79 Å². The molecule has 6 nitrogen and oxygen atoms in total. The minimum absolute atomic E-state index is 0.109. The van der Waals surface area contributed by atoms with E-state index in [2.05, 4.69) is 22.6 Å². The first-order chi connectivity index (χ1) is 9.58. The minimum Gasteiger partial charge on any atom is -0.481 e. The number of rotatable bonds is 8. The summed E-state index contributed by atoms with van der Waals surface area (Å²) in [6.07, 6.45) is 4.84. The number of carboxylic acid groups (broad SMARTS) is 1. The molecule has 0 unspecified atom stereocenters. The van der Waals surface area contributed by atoms with Gasteiger partial charge in [0.15, 0.2) is 0 Å². The van der Waals surface area contributed by atoms with Crippen LogP contribution in [0.15, 0.2) is 0 Å². The maximum Gasteiger partial charge on any atom is 0.314 e. The Hall–Kier alpha value is -1.30. The predicted molar refractivity (Wildman–Crippen MR) is 77.7 cm³/mol. The molecule has 0 radical (unpaired) electrons. The van der Waals surface area contributed by atoms with Gasteiger partial charge in [-0.2, -0.15) is 0 Å². The third kappa shape index (κ3) is 7.99. The molecule has 0 aliphatic carbocycles. The summed E-state index contributed by atoms with van der Waals surface area (Å²) in [4.78, 5) is 24.2. The molecule has 0 bridgehead atoms. The van der Waals surface area contributed by atoms with Crippen LogP contribution in [0.4, 0.5) is 4.79 Å². The Balaban J connectivity index is 1.94. The second-order valence-electron chi connectivity index (χ2n) is 5.59. The number of nitrogens with zero attached hydrogens (tertiary/aromatic N) is 1. The largest absolute Gasteiger partial charge is 0.481 e. The molecule has 1 aliphatic heterocycles. The van der Waals surface area contributed by atoms with Crippen molar-refractivity contribution in [3.05, 3.63) is 0 Å². The topological polar surface area (TPSA) is 81.7 Å². The van der Waals surface area contributed by atoms with Crippen LogP contribution in [-0.4, -0.2) is 55.2 Å². The van der Waals surface area contributed by atoms with Crippen LogP contribution in [0, 0.1) is 5.92 Å². The van der Waals surface area contributed by atoms with E-state index in [0.717, 1.165) is 45.3 Å². The molecule has 1 fully saturated rings. The Morgan fingerprint density at radius 3 is 2.50 bits per heavy atom. The standard InChI is InChI=1S/C14H27N3O3/c1-17-9-6-12(7-10-17)11-16-14(20)15-8-4-2-3-5-13(18)19/h12H,2-11H2,1H3,(H,18,19)(H2,15,16,20). The van der Waals surface area contributed by atoms with Crippen LogP contribution < -0.4 is 10.6 Å². The third-order valence-corrected chi connectivity index (χ3v) is 3.74. The average molecular weight is 285 g/mol. The van der Waals surface area contributed by atoms with Gasteiger partial charge in [-0.15, -0.1) is 0 Å². The highest BCUT2D eigenvalue weighted by Crippen LogP contribution is 2.14. The lowest BCUT2D eigenvalue weighted by molar-refractivity contribution is -0.137. The smallest absolute Gasteiger partial charge is 0.314 e. The molecular weight excluding hydrogens is 258 g/mol. The Morgan fingerprint density at radius 2 is 1.85 bits per heavy atom. The molecular formula is C14H27N3O3. The Kier molecular flexibility index (Phi) is 8.02. The van der Waals surface area contributed by atoms with Crippen molar-refractivity contribution in [2.45, 2.75) is 38.5 Å². The van der Waals surface area contributed by atoms with E-state index in [9.17, 15) is 9.59 Å². The normalized spacial score (nSPS) is 16.9. The SMILES string of the molecule is CN1CCC(CNC(=O)NCCCCCC(=O)O)CC1. The van der Waals surface area contributed by atoms with Gasteiger partial charge in [0.1, 0.15) is 0 Å². The highest BCUT2D eigenvalue weighted by molar-refractivity contribution is 5.73. The molecule has 6 heteroatoms. The van der Waals surface area contributed by atoms with E-state index in [-0.39, 0.29) is 12.5 Å². The van der Waals surface area contributed by atoms with Gasteiger partial charge in [-0.3, -0.25) is 4.79 Å². The number of urea groups is 1.